The van der Waals surface area contributed by atoms with Crippen LogP contribution >= 0.6 is 11.6 Å². The van der Waals surface area contributed by atoms with Gasteiger partial charge in [0.2, 0.25) is 0 Å². The Morgan fingerprint density at radius 2 is 2.00 bits per heavy atom. The Labute approximate surface area is 150 Å². The van der Waals surface area contributed by atoms with Gasteiger partial charge in [0, 0.05) is 24.3 Å². The highest BCUT2D eigenvalue weighted by molar-refractivity contribution is 6.30. The molecular weight excluding hydrogens is 341 g/mol. The second-order valence-electron chi connectivity index (χ2n) is 5.55. The fourth-order valence-corrected chi connectivity index (χ4v) is 2.77. The zero-order valence-corrected chi connectivity index (χ0v) is 14.4. The maximum atomic E-state index is 13.9. The van der Waals surface area contributed by atoms with Crippen molar-refractivity contribution in [1.82, 2.24) is 14.7 Å². The number of para-hydroxylation sites is 1. The molecular formula is C19H17ClFN3O. The van der Waals surface area contributed by atoms with Crippen LogP contribution in [0.2, 0.25) is 5.02 Å². The summed E-state index contributed by atoms with van der Waals surface area (Å²) in [4.78, 5) is 14.4. The zero-order chi connectivity index (χ0) is 17.8. The molecule has 0 unspecified atom stereocenters. The third-order valence-corrected chi connectivity index (χ3v) is 4.07. The second kappa shape index (κ2) is 7.49. The number of aromatic nitrogens is 2. The predicted molar refractivity (Wildman–Crippen MR) is 95.4 cm³/mol. The maximum absolute atomic E-state index is 13.9. The molecule has 0 fully saturated rings. The summed E-state index contributed by atoms with van der Waals surface area (Å²) >= 11 is 6.00. The van der Waals surface area contributed by atoms with Crippen molar-refractivity contribution < 1.29 is 9.18 Å². The molecule has 0 N–H and O–H groups in total. The number of halogens is 2. The number of amides is 1. The van der Waals surface area contributed by atoms with E-state index in [4.69, 9.17) is 11.6 Å². The molecule has 128 valence electrons. The summed E-state index contributed by atoms with van der Waals surface area (Å²) in [6, 6.07) is 15.3. The van der Waals surface area contributed by atoms with Crippen molar-refractivity contribution in [2.75, 3.05) is 6.54 Å². The molecule has 2 aromatic carbocycles. The molecule has 0 saturated carbocycles. The Morgan fingerprint density at radius 1 is 1.20 bits per heavy atom. The van der Waals surface area contributed by atoms with Crippen molar-refractivity contribution >= 4 is 17.5 Å². The van der Waals surface area contributed by atoms with E-state index in [1.807, 2.05) is 25.1 Å². The minimum absolute atomic E-state index is 0.211. The Kier molecular flexibility index (Phi) is 5.14. The number of nitrogens with zero attached hydrogens (tertiary/aromatic N) is 3. The topological polar surface area (TPSA) is 38.1 Å². The quantitative estimate of drug-likeness (QED) is 0.681. The molecule has 25 heavy (non-hydrogen) atoms. The first-order chi connectivity index (χ1) is 12.1. The first kappa shape index (κ1) is 17.2. The number of carbonyl (C=O) groups is 1. The van der Waals surface area contributed by atoms with Crippen molar-refractivity contribution in [2.24, 2.45) is 0 Å². The molecule has 4 nitrogen and oxygen atoms in total. The van der Waals surface area contributed by atoms with Gasteiger partial charge >= 0.3 is 0 Å². The van der Waals surface area contributed by atoms with E-state index in [0.29, 0.717) is 23.8 Å². The van der Waals surface area contributed by atoms with Gasteiger partial charge in [0.15, 0.2) is 5.69 Å². The molecule has 0 aliphatic rings. The van der Waals surface area contributed by atoms with Crippen molar-refractivity contribution in [2.45, 2.75) is 13.5 Å². The Bertz CT molecular complexity index is 894. The molecule has 6 heteroatoms. The molecule has 0 bridgehead atoms. The van der Waals surface area contributed by atoms with Crippen LogP contribution in [-0.2, 0) is 6.54 Å². The number of hydrogen-bond donors (Lipinski definition) is 0. The molecule has 1 amide bonds. The summed E-state index contributed by atoms with van der Waals surface area (Å²) in [5, 5.41) is 4.86. The van der Waals surface area contributed by atoms with Gasteiger partial charge in [-0.05, 0) is 42.8 Å². The highest BCUT2D eigenvalue weighted by Crippen LogP contribution is 2.16. The summed E-state index contributed by atoms with van der Waals surface area (Å²) in [6.45, 7) is 2.86. The van der Waals surface area contributed by atoms with Crippen molar-refractivity contribution in [3.8, 4) is 5.69 Å². The van der Waals surface area contributed by atoms with E-state index in [1.165, 1.54) is 10.7 Å². The van der Waals surface area contributed by atoms with Gasteiger partial charge in [-0.25, -0.2) is 9.07 Å². The summed E-state index contributed by atoms with van der Waals surface area (Å²) in [5.41, 5.74) is 1.52. The molecule has 0 saturated heterocycles. The minimum atomic E-state index is -0.393. The number of hydrogen-bond acceptors (Lipinski definition) is 2. The van der Waals surface area contributed by atoms with Gasteiger partial charge in [0.05, 0.1) is 0 Å². The monoisotopic (exact) mass is 357 g/mol. The van der Waals surface area contributed by atoms with Gasteiger partial charge in [0.1, 0.15) is 11.5 Å². The average Bonchev–Trinajstić information content (AvgIpc) is 3.09. The lowest BCUT2D eigenvalue weighted by Crippen LogP contribution is -2.30. The Hall–Kier alpha value is -2.66. The van der Waals surface area contributed by atoms with E-state index in [9.17, 15) is 9.18 Å². The second-order valence-corrected chi connectivity index (χ2v) is 5.98. The van der Waals surface area contributed by atoms with Crippen LogP contribution in [0.3, 0.4) is 0 Å². The van der Waals surface area contributed by atoms with E-state index in [1.54, 1.807) is 41.4 Å². The molecule has 1 aromatic heterocycles. The van der Waals surface area contributed by atoms with Crippen molar-refractivity contribution in [3.63, 3.8) is 0 Å². The highest BCUT2D eigenvalue weighted by atomic mass is 35.5. The smallest absolute Gasteiger partial charge is 0.274 e. The van der Waals surface area contributed by atoms with Crippen molar-refractivity contribution in [1.29, 1.82) is 0 Å². The number of carbonyl (C=O) groups excluding carboxylic acids is 1. The number of rotatable bonds is 5. The summed E-state index contributed by atoms with van der Waals surface area (Å²) in [6.07, 6.45) is 1.58. The molecule has 0 atom stereocenters. The van der Waals surface area contributed by atoms with Crippen LogP contribution in [0.4, 0.5) is 4.39 Å². The lowest BCUT2D eigenvalue weighted by molar-refractivity contribution is 0.0746. The van der Waals surface area contributed by atoms with Crippen LogP contribution in [0.15, 0.2) is 60.8 Å². The van der Waals surface area contributed by atoms with Gasteiger partial charge in [-0.3, -0.25) is 4.79 Å². The fourth-order valence-electron chi connectivity index (χ4n) is 2.55. The number of benzene rings is 2. The Balaban J connectivity index is 1.81. The Morgan fingerprint density at radius 3 is 2.72 bits per heavy atom. The lowest BCUT2D eigenvalue weighted by atomic mass is 10.2. The highest BCUT2D eigenvalue weighted by Gasteiger charge is 2.18. The standard InChI is InChI=1S/C19H17ClFN3O/c1-2-23(13-14-6-5-7-15(20)12-14)19(25)17-10-11-24(22-17)18-9-4-3-8-16(18)21/h3-12H,2,13H2,1H3. The fraction of sp³-hybridized carbons (Fsp3) is 0.158. The third kappa shape index (κ3) is 3.88. The first-order valence-corrected chi connectivity index (χ1v) is 8.30. The lowest BCUT2D eigenvalue weighted by Gasteiger charge is -2.20. The van der Waals surface area contributed by atoms with Crippen LogP contribution in [0.5, 0.6) is 0 Å². The molecule has 3 rings (SSSR count). The van der Waals surface area contributed by atoms with Gasteiger partial charge in [-0.1, -0.05) is 35.9 Å². The third-order valence-electron chi connectivity index (χ3n) is 3.84. The zero-order valence-electron chi connectivity index (χ0n) is 13.7. The molecule has 0 radical (unpaired) electrons. The van der Waals surface area contributed by atoms with Gasteiger partial charge in [-0.2, -0.15) is 5.10 Å². The predicted octanol–water partition coefficient (Wildman–Crippen LogP) is 4.33. The van der Waals surface area contributed by atoms with E-state index in [0.717, 1.165) is 5.56 Å². The first-order valence-electron chi connectivity index (χ1n) is 7.92. The largest absolute Gasteiger partial charge is 0.333 e. The normalized spacial score (nSPS) is 10.7. The van der Waals surface area contributed by atoms with Crippen LogP contribution in [0, 0.1) is 5.82 Å². The maximum Gasteiger partial charge on any atom is 0.274 e. The van der Waals surface area contributed by atoms with Gasteiger partial charge in [0.25, 0.3) is 5.91 Å². The molecule has 3 aromatic rings. The minimum Gasteiger partial charge on any atom is -0.333 e. The summed E-state index contributed by atoms with van der Waals surface area (Å²) < 4.78 is 15.2. The summed E-state index contributed by atoms with van der Waals surface area (Å²) in [5.74, 6) is -0.603. The van der Waals surface area contributed by atoms with Gasteiger partial charge in [-0.15, -0.1) is 0 Å². The summed E-state index contributed by atoms with van der Waals surface area (Å²) in [7, 11) is 0. The van der Waals surface area contributed by atoms with E-state index < -0.39 is 5.82 Å². The van der Waals surface area contributed by atoms with Crippen LogP contribution in [0.25, 0.3) is 5.69 Å². The van der Waals surface area contributed by atoms with Crippen LogP contribution < -0.4 is 0 Å². The average molecular weight is 358 g/mol. The van der Waals surface area contributed by atoms with Crippen molar-refractivity contribution in [3.05, 3.63) is 82.9 Å². The van der Waals surface area contributed by atoms with Gasteiger partial charge < -0.3 is 4.90 Å². The molecule has 0 spiro atoms. The SMILES string of the molecule is CCN(Cc1cccc(Cl)c1)C(=O)c1ccn(-c2ccccc2F)n1. The van der Waals surface area contributed by atoms with Crippen LogP contribution in [0.1, 0.15) is 23.0 Å². The van der Waals surface area contributed by atoms with E-state index in [-0.39, 0.29) is 11.6 Å². The molecule has 1 heterocycles. The molecule has 0 aliphatic heterocycles. The van der Waals surface area contributed by atoms with E-state index >= 15 is 0 Å². The van der Waals surface area contributed by atoms with Crippen LogP contribution in [-0.4, -0.2) is 27.1 Å². The molecule has 0 aliphatic carbocycles. The van der Waals surface area contributed by atoms with E-state index in [2.05, 4.69) is 5.10 Å².